The molecule has 0 heterocycles. The van der Waals surface area contributed by atoms with Gasteiger partial charge in [0.15, 0.2) is 0 Å². The molecule has 0 rings (SSSR count). The van der Waals surface area contributed by atoms with Crippen LogP contribution < -0.4 is 0 Å². The van der Waals surface area contributed by atoms with Gasteiger partial charge in [-0.15, -0.1) is 0 Å². The molecule has 2 heteroatoms. The van der Waals surface area contributed by atoms with E-state index in [2.05, 4.69) is 48.1 Å². The van der Waals surface area contributed by atoms with Gasteiger partial charge in [0, 0.05) is 10.5 Å². The van der Waals surface area contributed by atoms with E-state index in [0.717, 1.165) is 51.4 Å². The van der Waals surface area contributed by atoms with Gasteiger partial charge in [0.2, 0.25) is 0 Å². The van der Waals surface area contributed by atoms with Gasteiger partial charge >= 0.3 is 5.97 Å². The maximum Gasteiger partial charge on any atom is 0.305 e. The molecule has 0 aromatic carbocycles. The van der Waals surface area contributed by atoms with Gasteiger partial charge in [0.25, 0.3) is 0 Å². The van der Waals surface area contributed by atoms with Crippen molar-refractivity contribution >= 4 is 5.97 Å². The maximum absolute atomic E-state index is 11.5. The van der Waals surface area contributed by atoms with Crippen molar-refractivity contribution in [2.75, 3.05) is 6.56 Å². The lowest BCUT2D eigenvalue weighted by Gasteiger charge is -2.01. The van der Waals surface area contributed by atoms with Crippen molar-refractivity contribution < 1.29 is 16.4 Å². The Balaban J connectivity index is 3.58. The van der Waals surface area contributed by atoms with Crippen LogP contribution in [0.15, 0.2) is 36.5 Å². The third-order valence-electron chi connectivity index (χ3n) is 3.20. The van der Waals surface area contributed by atoms with Crippen molar-refractivity contribution in [2.45, 2.75) is 78.0 Å². The van der Waals surface area contributed by atoms with E-state index < -0.39 is 19.4 Å². The summed E-state index contributed by atoms with van der Waals surface area (Å²) in [6.07, 6.45) is 21.8. The Morgan fingerprint density at radius 3 is 2.32 bits per heavy atom. The summed E-state index contributed by atoms with van der Waals surface area (Å²) in [5.74, 6) is -0.794. The fraction of sp³-hybridized carbons (Fsp3) is 0.650. The minimum absolute atomic E-state index is 0.0509. The molecule has 0 aliphatic carbocycles. The summed E-state index contributed by atoms with van der Waals surface area (Å²) in [4.78, 5) is 11.5. The molecule has 0 saturated heterocycles. The van der Waals surface area contributed by atoms with Gasteiger partial charge in [0.1, 0.15) is 0 Å². The van der Waals surface area contributed by atoms with Gasteiger partial charge in [-0.2, -0.15) is 0 Å². The Bertz CT molecular complexity index is 479. The fourth-order valence-corrected chi connectivity index (χ4v) is 2.00. The number of carbonyl (C=O) groups excluding carboxylic acids is 1. The molecule has 0 amide bonds. The van der Waals surface area contributed by atoms with Crippen LogP contribution in [0, 0.1) is 0 Å². The van der Waals surface area contributed by atoms with Crippen LogP contribution in [0.2, 0.25) is 0 Å². The number of allylic oxidation sites excluding steroid dienone is 6. The molecule has 0 N–H and O–H groups in total. The second-order valence-electron chi connectivity index (χ2n) is 5.18. The second-order valence-corrected chi connectivity index (χ2v) is 5.18. The Labute approximate surface area is 144 Å². The van der Waals surface area contributed by atoms with Crippen LogP contribution >= 0.6 is 0 Å². The highest BCUT2D eigenvalue weighted by Crippen LogP contribution is 2.08. The largest absolute Gasteiger partial charge is 0.466 e. The number of hydrogen-bond acceptors (Lipinski definition) is 2. The van der Waals surface area contributed by atoms with E-state index in [-0.39, 0.29) is 6.42 Å². The van der Waals surface area contributed by atoms with Crippen LogP contribution in [-0.4, -0.2) is 12.5 Å². The molecular weight excluding hydrogens is 272 g/mol. The summed E-state index contributed by atoms with van der Waals surface area (Å²) >= 11 is 0. The average molecular weight is 312 g/mol. The Morgan fingerprint density at radius 1 is 0.955 bits per heavy atom. The van der Waals surface area contributed by atoms with Gasteiger partial charge in [-0.3, -0.25) is 4.79 Å². The predicted octanol–water partition coefficient (Wildman–Crippen LogP) is 6.14. The van der Waals surface area contributed by atoms with Gasteiger partial charge in [-0.05, 0) is 45.4 Å². The number of unbranched alkanes of at least 4 members (excludes halogenated alkanes) is 5. The first-order valence-corrected chi connectivity index (χ1v) is 8.37. The zero-order valence-electron chi connectivity index (χ0n) is 18.9. The molecule has 0 saturated carbocycles. The SMILES string of the molecule is [2H]C([2H])([2H])C([2H])([2H])OC(=O)CCCCCCC/C=C\C/C=C\C/C=C\CC. The molecule has 0 aliphatic rings. The predicted molar refractivity (Wildman–Crippen MR) is 95.9 cm³/mol. The van der Waals surface area contributed by atoms with Crippen LogP contribution in [0.5, 0.6) is 0 Å². The quantitative estimate of drug-likeness (QED) is 0.219. The normalized spacial score (nSPS) is 16.5. The third kappa shape index (κ3) is 16.7. The van der Waals surface area contributed by atoms with E-state index >= 15 is 0 Å². The lowest BCUT2D eigenvalue weighted by molar-refractivity contribution is -0.143. The average Bonchev–Trinajstić information content (AvgIpc) is 2.57. The van der Waals surface area contributed by atoms with E-state index in [1.54, 1.807) is 0 Å². The van der Waals surface area contributed by atoms with Crippen molar-refractivity contribution in [1.29, 1.82) is 0 Å². The minimum Gasteiger partial charge on any atom is -0.466 e. The van der Waals surface area contributed by atoms with Crippen LogP contribution in [-0.2, 0) is 9.53 Å². The molecule has 0 bridgehead atoms. The molecule has 0 unspecified atom stereocenters. The van der Waals surface area contributed by atoms with Gasteiger partial charge in [-0.25, -0.2) is 0 Å². The van der Waals surface area contributed by atoms with Gasteiger partial charge in [0.05, 0.1) is 9.30 Å². The second kappa shape index (κ2) is 17.7. The van der Waals surface area contributed by atoms with Crippen molar-refractivity contribution in [1.82, 2.24) is 0 Å². The van der Waals surface area contributed by atoms with Gasteiger partial charge in [-0.1, -0.05) is 62.6 Å². The summed E-state index contributed by atoms with van der Waals surface area (Å²) in [6, 6.07) is 0. The van der Waals surface area contributed by atoms with E-state index in [9.17, 15) is 4.79 Å². The number of carbonyl (C=O) groups is 1. The van der Waals surface area contributed by atoms with Crippen molar-refractivity contribution in [2.24, 2.45) is 0 Å². The minimum atomic E-state index is -2.96. The molecular formula is C20H34O2. The Morgan fingerprint density at radius 2 is 1.59 bits per heavy atom. The molecule has 0 fully saturated rings. The van der Waals surface area contributed by atoms with Crippen molar-refractivity contribution in [3.8, 4) is 0 Å². The number of ether oxygens (including phenoxy) is 1. The van der Waals surface area contributed by atoms with E-state index in [0.29, 0.717) is 6.42 Å². The smallest absolute Gasteiger partial charge is 0.305 e. The first kappa shape index (κ1) is 13.2. The standard InChI is InChI=1S/C20H34O2/c1-3-5-6-7-8-9-10-11-12-13-14-15-16-17-18-19-20(21)22-4-2/h5-6,8-9,11-12H,3-4,7,10,13-19H2,1-2H3/b6-5-,9-8-,12-11-/i2D3,4D2. The summed E-state index contributed by atoms with van der Waals surface area (Å²) in [7, 11) is 0. The first-order chi connectivity index (χ1) is 12.7. The summed E-state index contributed by atoms with van der Waals surface area (Å²) in [6.45, 7) is -3.75. The summed E-state index contributed by atoms with van der Waals surface area (Å²) < 4.78 is 39.9. The Hall–Kier alpha value is -1.31. The van der Waals surface area contributed by atoms with Crippen LogP contribution in [0.3, 0.4) is 0 Å². The number of rotatable bonds is 14. The third-order valence-corrected chi connectivity index (χ3v) is 3.20. The van der Waals surface area contributed by atoms with Crippen molar-refractivity contribution in [3.05, 3.63) is 36.5 Å². The lowest BCUT2D eigenvalue weighted by Crippen LogP contribution is -2.03. The highest BCUT2D eigenvalue weighted by molar-refractivity contribution is 5.69. The molecule has 22 heavy (non-hydrogen) atoms. The maximum atomic E-state index is 11.5. The highest BCUT2D eigenvalue weighted by atomic mass is 16.5. The van der Waals surface area contributed by atoms with E-state index in [4.69, 9.17) is 6.85 Å². The highest BCUT2D eigenvalue weighted by Gasteiger charge is 2.00. The van der Waals surface area contributed by atoms with E-state index in [1.807, 2.05) is 0 Å². The molecule has 0 radical (unpaired) electrons. The lowest BCUT2D eigenvalue weighted by atomic mass is 10.1. The summed E-state index contributed by atoms with van der Waals surface area (Å²) in [5.41, 5.74) is 0. The van der Waals surface area contributed by atoms with Crippen molar-refractivity contribution in [3.63, 3.8) is 0 Å². The number of esters is 1. The zero-order valence-corrected chi connectivity index (χ0v) is 13.9. The number of hydrogen-bond donors (Lipinski definition) is 0. The summed E-state index contributed by atoms with van der Waals surface area (Å²) in [5, 5.41) is 0. The fourth-order valence-electron chi connectivity index (χ4n) is 2.00. The van der Waals surface area contributed by atoms with Crippen LogP contribution in [0.1, 0.15) is 84.8 Å². The monoisotopic (exact) mass is 311 g/mol. The Kier molecular flexibility index (Phi) is 10.6. The molecule has 126 valence electrons. The van der Waals surface area contributed by atoms with Gasteiger partial charge < -0.3 is 4.74 Å². The topological polar surface area (TPSA) is 26.3 Å². The van der Waals surface area contributed by atoms with Crippen LogP contribution in [0.25, 0.3) is 0 Å². The molecule has 2 nitrogen and oxygen atoms in total. The first-order valence-electron chi connectivity index (χ1n) is 10.9. The van der Waals surface area contributed by atoms with E-state index in [1.165, 1.54) is 0 Å². The molecule has 0 aromatic rings. The molecule has 0 aliphatic heterocycles. The molecule has 0 spiro atoms. The molecule has 0 atom stereocenters. The molecule has 0 aromatic heterocycles. The van der Waals surface area contributed by atoms with Crippen LogP contribution in [0.4, 0.5) is 0 Å². The zero-order chi connectivity index (χ0) is 20.6.